The van der Waals surface area contributed by atoms with E-state index in [0.717, 1.165) is 36.9 Å². The molecule has 2 aliphatic heterocycles. The van der Waals surface area contributed by atoms with Crippen molar-refractivity contribution >= 4 is 22.0 Å². The van der Waals surface area contributed by atoms with Gasteiger partial charge in [0.05, 0.1) is 18.8 Å². The molecule has 0 radical (unpaired) electrons. The predicted molar refractivity (Wildman–Crippen MR) is 94.1 cm³/mol. The van der Waals surface area contributed by atoms with Gasteiger partial charge in [0.1, 0.15) is 0 Å². The normalized spacial score (nSPS) is 28.6. The van der Waals surface area contributed by atoms with E-state index in [1.165, 1.54) is 5.56 Å². The van der Waals surface area contributed by atoms with Crippen LogP contribution in [0.4, 0.5) is 4.79 Å². The SMILES string of the molecule is O=C(N[C@@H]1C[C@H]1c1ccc(Br)cc1)N1CCOC2(CCOCC2)C1. The van der Waals surface area contributed by atoms with Crippen molar-refractivity contribution in [2.24, 2.45) is 0 Å². The van der Waals surface area contributed by atoms with Crippen LogP contribution in [0.5, 0.6) is 0 Å². The molecule has 1 saturated carbocycles. The molecule has 5 nitrogen and oxygen atoms in total. The molecule has 1 aromatic carbocycles. The fraction of sp³-hybridized carbons (Fsp3) is 0.611. The summed E-state index contributed by atoms with van der Waals surface area (Å²) in [6.07, 6.45) is 2.78. The van der Waals surface area contributed by atoms with E-state index in [1.54, 1.807) is 0 Å². The quantitative estimate of drug-likeness (QED) is 0.838. The Morgan fingerprint density at radius 1 is 1.21 bits per heavy atom. The van der Waals surface area contributed by atoms with E-state index >= 15 is 0 Å². The van der Waals surface area contributed by atoms with Crippen molar-refractivity contribution in [3.05, 3.63) is 34.3 Å². The lowest BCUT2D eigenvalue weighted by Gasteiger charge is -2.44. The zero-order chi connectivity index (χ0) is 16.6. The average Bonchev–Trinajstić information content (AvgIpc) is 3.35. The van der Waals surface area contributed by atoms with Gasteiger partial charge in [-0.1, -0.05) is 28.1 Å². The lowest BCUT2D eigenvalue weighted by molar-refractivity contribution is -0.145. The molecular formula is C18H23BrN2O3. The average molecular weight is 395 g/mol. The minimum absolute atomic E-state index is 0.0498. The van der Waals surface area contributed by atoms with Crippen molar-refractivity contribution in [2.45, 2.75) is 36.8 Å². The number of amides is 2. The lowest BCUT2D eigenvalue weighted by atomic mass is 9.92. The zero-order valence-electron chi connectivity index (χ0n) is 13.7. The molecule has 2 atom stereocenters. The zero-order valence-corrected chi connectivity index (χ0v) is 15.3. The first-order valence-corrected chi connectivity index (χ1v) is 9.47. The molecule has 6 heteroatoms. The van der Waals surface area contributed by atoms with Gasteiger partial charge in [0.2, 0.25) is 0 Å². The molecule has 3 fully saturated rings. The maximum absolute atomic E-state index is 12.6. The van der Waals surface area contributed by atoms with E-state index in [1.807, 2.05) is 4.90 Å². The Kier molecular flexibility index (Phi) is 4.54. The van der Waals surface area contributed by atoms with Crippen LogP contribution in [-0.4, -0.2) is 55.5 Å². The van der Waals surface area contributed by atoms with Crippen LogP contribution in [0, 0.1) is 0 Å². The number of morpholine rings is 1. The Labute approximate surface area is 150 Å². The molecule has 0 aromatic heterocycles. The molecule has 2 saturated heterocycles. The number of hydrogen-bond acceptors (Lipinski definition) is 3. The number of hydrogen-bond donors (Lipinski definition) is 1. The highest BCUT2D eigenvalue weighted by atomic mass is 79.9. The van der Waals surface area contributed by atoms with Gasteiger partial charge < -0.3 is 19.7 Å². The number of urea groups is 1. The van der Waals surface area contributed by atoms with Gasteiger partial charge in [0, 0.05) is 49.0 Å². The van der Waals surface area contributed by atoms with E-state index in [2.05, 4.69) is 45.5 Å². The maximum Gasteiger partial charge on any atom is 0.317 e. The summed E-state index contributed by atoms with van der Waals surface area (Å²) in [6, 6.07) is 8.69. The number of nitrogens with zero attached hydrogens (tertiary/aromatic N) is 1. The Hall–Kier alpha value is -1.11. The number of carbonyl (C=O) groups is 1. The number of carbonyl (C=O) groups excluding carboxylic acids is 1. The first-order chi connectivity index (χ1) is 11.7. The highest BCUT2D eigenvalue weighted by Gasteiger charge is 2.43. The van der Waals surface area contributed by atoms with E-state index < -0.39 is 0 Å². The Bertz CT molecular complexity index is 595. The molecular weight excluding hydrogens is 372 g/mol. The first-order valence-electron chi connectivity index (χ1n) is 8.68. The minimum Gasteiger partial charge on any atom is -0.381 e. The Morgan fingerprint density at radius 3 is 2.71 bits per heavy atom. The van der Waals surface area contributed by atoms with Crippen LogP contribution in [-0.2, 0) is 9.47 Å². The third-order valence-electron chi connectivity index (χ3n) is 5.34. The largest absolute Gasteiger partial charge is 0.381 e. The molecule has 0 unspecified atom stereocenters. The maximum atomic E-state index is 12.6. The first kappa shape index (κ1) is 16.4. The van der Waals surface area contributed by atoms with Gasteiger partial charge in [-0.3, -0.25) is 0 Å². The molecule has 24 heavy (non-hydrogen) atoms. The minimum atomic E-state index is -0.192. The molecule has 2 heterocycles. The van der Waals surface area contributed by atoms with Crippen LogP contribution in [0.15, 0.2) is 28.7 Å². The Morgan fingerprint density at radius 2 is 1.96 bits per heavy atom. The second-order valence-corrected chi connectivity index (χ2v) is 7.93. The predicted octanol–water partition coefficient (Wildman–Crippen LogP) is 2.90. The van der Waals surface area contributed by atoms with Crippen molar-refractivity contribution in [3.63, 3.8) is 0 Å². The van der Waals surface area contributed by atoms with Gasteiger partial charge in [-0.05, 0) is 24.1 Å². The van der Waals surface area contributed by atoms with Crippen molar-refractivity contribution in [3.8, 4) is 0 Å². The van der Waals surface area contributed by atoms with Crippen LogP contribution in [0.1, 0.15) is 30.7 Å². The summed E-state index contributed by atoms with van der Waals surface area (Å²) >= 11 is 3.46. The summed E-state index contributed by atoms with van der Waals surface area (Å²) in [5.74, 6) is 0.445. The summed E-state index contributed by atoms with van der Waals surface area (Å²) in [7, 11) is 0. The molecule has 4 rings (SSSR count). The molecule has 0 bridgehead atoms. The summed E-state index contributed by atoms with van der Waals surface area (Å²) in [5, 5.41) is 3.20. The standard InChI is InChI=1S/C18H23BrN2O3/c19-14-3-1-13(2-4-14)15-11-16(15)20-17(22)21-7-10-24-18(12-21)5-8-23-9-6-18/h1-4,15-16H,5-12H2,(H,20,22)/t15-,16+/m0/s1. The number of rotatable bonds is 2. The van der Waals surface area contributed by atoms with E-state index in [4.69, 9.17) is 9.47 Å². The van der Waals surface area contributed by atoms with Gasteiger partial charge in [0.25, 0.3) is 0 Å². The fourth-order valence-corrected chi connectivity index (χ4v) is 4.01. The number of benzene rings is 1. The molecule has 2 amide bonds. The smallest absolute Gasteiger partial charge is 0.317 e. The molecule has 3 aliphatic rings. The number of nitrogens with one attached hydrogen (secondary N) is 1. The van der Waals surface area contributed by atoms with Crippen LogP contribution < -0.4 is 5.32 Å². The molecule has 130 valence electrons. The van der Waals surface area contributed by atoms with Crippen molar-refractivity contribution in [2.75, 3.05) is 32.9 Å². The second kappa shape index (κ2) is 6.65. The van der Waals surface area contributed by atoms with E-state index in [-0.39, 0.29) is 17.7 Å². The topological polar surface area (TPSA) is 50.8 Å². The second-order valence-electron chi connectivity index (χ2n) is 7.02. The van der Waals surface area contributed by atoms with Crippen molar-refractivity contribution in [1.82, 2.24) is 10.2 Å². The third-order valence-corrected chi connectivity index (χ3v) is 5.87. The molecule has 1 N–H and O–H groups in total. The summed E-state index contributed by atoms with van der Waals surface area (Å²) in [4.78, 5) is 14.5. The van der Waals surface area contributed by atoms with Crippen LogP contribution in [0.3, 0.4) is 0 Å². The lowest BCUT2D eigenvalue weighted by Crippen LogP contribution is -2.58. The monoisotopic (exact) mass is 394 g/mol. The van der Waals surface area contributed by atoms with Crippen LogP contribution in [0.2, 0.25) is 0 Å². The summed E-state index contributed by atoms with van der Waals surface area (Å²) in [6.45, 7) is 3.42. The number of halogens is 1. The third kappa shape index (κ3) is 3.46. The van der Waals surface area contributed by atoms with Gasteiger partial charge in [-0.2, -0.15) is 0 Å². The van der Waals surface area contributed by atoms with Gasteiger partial charge in [-0.25, -0.2) is 4.79 Å². The van der Waals surface area contributed by atoms with Gasteiger partial charge in [0.15, 0.2) is 0 Å². The summed E-state index contributed by atoms with van der Waals surface area (Å²) in [5.41, 5.74) is 1.11. The van der Waals surface area contributed by atoms with Gasteiger partial charge in [-0.15, -0.1) is 0 Å². The van der Waals surface area contributed by atoms with E-state index in [9.17, 15) is 4.79 Å². The molecule has 1 aromatic rings. The van der Waals surface area contributed by atoms with Crippen molar-refractivity contribution < 1.29 is 14.3 Å². The molecule has 1 spiro atoms. The highest BCUT2D eigenvalue weighted by Crippen LogP contribution is 2.41. The molecule has 1 aliphatic carbocycles. The van der Waals surface area contributed by atoms with E-state index in [0.29, 0.717) is 25.6 Å². The number of ether oxygens (including phenoxy) is 2. The highest BCUT2D eigenvalue weighted by molar-refractivity contribution is 9.10. The van der Waals surface area contributed by atoms with Crippen LogP contribution in [0.25, 0.3) is 0 Å². The Balaban J connectivity index is 1.32. The fourth-order valence-electron chi connectivity index (χ4n) is 3.75. The van der Waals surface area contributed by atoms with Crippen LogP contribution >= 0.6 is 15.9 Å². The summed E-state index contributed by atoms with van der Waals surface area (Å²) < 4.78 is 12.5. The van der Waals surface area contributed by atoms with Gasteiger partial charge >= 0.3 is 6.03 Å². The van der Waals surface area contributed by atoms with Crippen molar-refractivity contribution in [1.29, 1.82) is 0 Å².